The summed E-state index contributed by atoms with van der Waals surface area (Å²) in [5.41, 5.74) is 4.70. The molecular weight excluding hydrogens is 316 g/mol. The summed E-state index contributed by atoms with van der Waals surface area (Å²) >= 11 is 3.52. The number of aliphatic hydroxyl groups is 1. The van der Waals surface area contributed by atoms with Gasteiger partial charge < -0.3 is 10.1 Å². The zero-order chi connectivity index (χ0) is 14.9. The number of aromatic nitrogens is 2. The minimum atomic E-state index is 0.0985. The summed E-state index contributed by atoms with van der Waals surface area (Å²) in [5, 5.41) is 9.00. The van der Waals surface area contributed by atoms with Crippen molar-refractivity contribution in [2.24, 2.45) is 0 Å². The summed E-state index contributed by atoms with van der Waals surface area (Å²) in [7, 11) is 0. The van der Waals surface area contributed by atoms with E-state index < -0.39 is 0 Å². The molecule has 2 N–H and O–H groups in total. The van der Waals surface area contributed by atoms with Gasteiger partial charge in [0.25, 0.3) is 0 Å². The van der Waals surface area contributed by atoms with Crippen LogP contribution in [-0.4, -0.2) is 21.7 Å². The van der Waals surface area contributed by atoms with Gasteiger partial charge in [0.05, 0.1) is 6.61 Å². The van der Waals surface area contributed by atoms with E-state index in [-0.39, 0.29) is 12.0 Å². The summed E-state index contributed by atoms with van der Waals surface area (Å²) in [6, 6.07) is 6.51. The minimum absolute atomic E-state index is 0.0985. The van der Waals surface area contributed by atoms with Crippen molar-refractivity contribution in [2.45, 2.75) is 39.5 Å². The molecule has 4 heteroatoms. The maximum Gasteiger partial charge on any atom is 0.110 e. The lowest BCUT2D eigenvalue weighted by atomic mass is 9.85. The van der Waals surface area contributed by atoms with Crippen molar-refractivity contribution >= 4 is 15.9 Å². The highest BCUT2D eigenvalue weighted by Gasteiger charge is 2.17. The van der Waals surface area contributed by atoms with Gasteiger partial charge in [-0.15, -0.1) is 0 Å². The molecule has 108 valence electrons. The highest BCUT2D eigenvalue weighted by Crippen LogP contribution is 2.32. The van der Waals surface area contributed by atoms with Gasteiger partial charge in [0.2, 0.25) is 0 Å². The third-order valence-electron chi connectivity index (χ3n) is 3.40. The second-order valence-electron chi connectivity index (χ2n) is 6.10. The number of hydrogen-bond donors (Lipinski definition) is 2. The maximum atomic E-state index is 9.00. The van der Waals surface area contributed by atoms with E-state index in [9.17, 15) is 0 Å². The van der Waals surface area contributed by atoms with Crippen LogP contribution in [0.3, 0.4) is 0 Å². The zero-order valence-corrected chi connectivity index (χ0v) is 14.0. The van der Waals surface area contributed by atoms with Crippen LogP contribution in [0.2, 0.25) is 0 Å². The van der Waals surface area contributed by atoms with Crippen LogP contribution >= 0.6 is 15.9 Å². The standard InChI is InChI=1S/C16H21BrN2O/c1-10-9-11(16(2,3)4)5-6-12(10)14-15(17)19-13(18-14)7-8-20/h5-6,9,20H,7-8H2,1-4H3,(H,18,19). The summed E-state index contributed by atoms with van der Waals surface area (Å²) in [6.45, 7) is 8.85. The first-order valence-corrected chi connectivity index (χ1v) is 7.59. The van der Waals surface area contributed by atoms with E-state index in [1.165, 1.54) is 11.1 Å². The van der Waals surface area contributed by atoms with E-state index in [1.807, 2.05) is 0 Å². The molecule has 2 aromatic rings. The Hall–Kier alpha value is -1.13. The highest BCUT2D eigenvalue weighted by molar-refractivity contribution is 9.10. The lowest BCUT2D eigenvalue weighted by Gasteiger charge is -2.20. The smallest absolute Gasteiger partial charge is 0.110 e. The van der Waals surface area contributed by atoms with Gasteiger partial charge in [-0.3, -0.25) is 0 Å². The third kappa shape index (κ3) is 3.13. The number of imidazole rings is 1. The fourth-order valence-electron chi connectivity index (χ4n) is 2.20. The average Bonchev–Trinajstić information content (AvgIpc) is 2.69. The van der Waals surface area contributed by atoms with E-state index in [0.29, 0.717) is 6.42 Å². The van der Waals surface area contributed by atoms with Crippen molar-refractivity contribution in [2.75, 3.05) is 6.61 Å². The number of nitrogens with zero attached hydrogens (tertiary/aromatic N) is 1. The first kappa shape index (κ1) is 15.3. The molecule has 2 rings (SSSR count). The Morgan fingerprint density at radius 2 is 2.00 bits per heavy atom. The Bertz CT molecular complexity index is 611. The van der Waals surface area contributed by atoms with E-state index in [4.69, 9.17) is 5.11 Å². The largest absolute Gasteiger partial charge is 0.396 e. The van der Waals surface area contributed by atoms with Crippen LogP contribution in [0.15, 0.2) is 22.8 Å². The predicted molar refractivity (Wildman–Crippen MR) is 86.0 cm³/mol. The Morgan fingerprint density at radius 3 is 2.55 bits per heavy atom. The molecule has 0 aliphatic rings. The van der Waals surface area contributed by atoms with Gasteiger partial charge in [-0.25, -0.2) is 4.98 Å². The number of hydrogen-bond acceptors (Lipinski definition) is 2. The van der Waals surface area contributed by atoms with E-state index in [0.717, 1.165) is 21.7 Å². The molecule has 0 fully saturated rings. The van der Waals surface area contributed by atoms with Gasteiger partial charge in [0.1, 0.15) is 16.1 Å². The number of aliphatic hydroxyl groups excluding tert-OH is 1. The number of nitrogens with one attached hydrogen (secondary N) is 1. The summed E-state index contributed by atoms with van der Waals surface area (Å²) < 4.78 is 0.868. The van der Waals surface area contributed by atoms with Gasteiger partial charge in [0, 0.05) is 12.0 Å². The monoisotopic (exact) mass is 336 g/mol. The molecule has 1 aromatic heterocycles. The number of aromatic amines is 1. The molecule has 3 nitrogen and oxygen atoms in total. The third-order valence-corrected chi connectivity index (χ3v) is 3.98. The maximum absolute atomic E-state index is 9.00. The van der Waals surface area contributed by atoms with Crippen molar-refractivity contribution < 1.29 is 5.11 Å². The molecule has 0 aliphatic heterocycles. The van der Waals surface area contributed by atoms with Crippen LogP contribution in [0.5, 0.6) is 0 Å². The van der Waals surface area contributed by atoms with Crippen molar-refractivity contribution in [3.8, 4) is 11.3 Å². The van der Waals surface area contributed by atoms with Crippen LogP contribution in [0, 0.1) is 6.92 Å². The number of rotatable bonds is 3. The van der Waals surface area contributed by atoms with Crippen molar-refractivity contribution in [1.82, 2.24) is 9.97 Å². The van der Waals surface area contributed by atoms with Crippen LogP contribution in [-0.2, 0) is 11.8 Å². The summed E-state index contributed by atoms with van der Waals surface area (Å²) in [6.07, 6.45) is 0.539. The van der Waals surface area contributed by atoms with Crippen LogP contribution in [0.1, 0.15) is 37.7 Å². The lowest BCUT2D eigenvalue weighted by molar-refractivity contribution is 0.297. The van der Waals surface area contributed by atoms with Crippen LogP contribution in [0.4, 0.5) is 0 Å². The Kier molecular flexibility index (Phi) is 4.35. The van der Waals surface area contributed by atoms with E-state index >= 15 is 0 Å². The fraction of sp³-hybridized carbons (Fsp3) is 0.438. The topological polar surface area (TPSA) is 48.9 Å². The molecule has 0 saturated heterocycles. The van der Waals surface area contributed by atoms with Gasteiger partial charge in [-0.1, -0.05) is 39.0 Å². The number of H-pyrrole nitrogens is 1. The Labute approximate surface area is 128 Å². The van der Waals surface area contributed by atoms with Gasteiger partial charge in [0.15, 0.2) is 0 Å². The van der Waals surface area contributed by atoms with Gasteiger partial charge in [-0.2, -0.15) is 0 Å². The van der Waals surface area contributed by atoms with Crippen molar-refractivity contribution in [3.05, 3.63) is 39.8 Å². The van der Waals surface area contributed by atoms with Gasteiger partial charge in [-0.05, 0) is 39.4 Å². The minimum Gasteiger partial charge on any atom is -0.396 e. The van der Waals surface area contributed by atoms with E-state index in [2.05, 4.69) is 71.8 Å². The molecule has 0 saturated carbocycles. The number of benzene rings is 1. The predicted octanol–water partition coefficient (Wildman–Crippen LogP) is 3.98. The zero-order valence-electron chi connectivity index (χ0n) is 12.4. The number of halogens is 1. The molecule has 0 unspecified atom stereocenters. The van der Waals surface area contributed by atoms with E-state index in [1.54, 1.807) is 0 Å². The summed E-state index contributed by atoms with van der Waals surface area (Å²) in [5.74, 6) is 0.800. The van der Waals surface area contributed by atoms with Gasteiger partial charge >= 0.3 is 0 Å². The molecule has 0 spiro atoms. The first-order valence-electron chi connectivity index (χ1n) is 6.79. The average molecular weight is 337 g/mol. The summed E-state index contributed by atoms with van der Waals surface area (Å²) in [4.78, 5) is 7.72. The lowest BCUT2D eigenvalue weighted by Crippen LogP contribution is -2.11. The van der Waals surface area contributed by atoms with Crippen molar-refractivity contribution in [1.29, 1.82) is 0 Å². The number of aryl methyl sites for hydroxylation is 1. The SMILES string of the molecule is Cc1cc(C(C)(C)C)ccc1-c1nc(CCO)[nH]c1Br. The van der Waals surface area contributed by atoms with Crippen molar-refractivity contribution in [3.63, 3.8) is 0 Å². The first-order chi connectivity index (χ1) is 9.32. The van der Waals surface area contributed by atoms with Crippen LogP contribution in [0.25, 0.3) is 11.3 Å². The normalized spacial score (nSPS) is 11.9. The molecule has 0 atom stereocenters. The second-order valence-corrected chi connectivity index (χ2v) is 6.89. The van der Waals surface area contributed by atoms with Crippen LogP contribution < -0.4 is 0 Å². The molecule has 1 aromatic carbocycles. The molecule has 0 bridgehead atoms. The molecule has 0 radical (unpaired) electrons. The Morgan fingerprint density at radius 1 is 1.30 bits per heavy atom. The molecule has 20 heavy (non-hydrogen) atoms. The molecular formula is C16H21BrN2O. The Balaban J connectivity index is 2.43. The molecule has 0 aliphatic carbocycles. The quantitative estimate of drug-likeness (QED) is 0.890. The molecule has 0 amide bonds. The second kappa shape index (κ2) is 5.70. The molecule has 1 heterocycles. The highest BCUT2D eigenvalue weighted by atomic mass is 79.9. The fourth-order valence-corrected chi connectivity index (χ4v) is 2.73.